The molecular weight excluding hydrogens is 148 g/mol. The predicted molar refractivity (Wildman–Crippen MR) is 54.1 cm³/mol. The van der Waals surface area contributed by atoms with E-state index in [2.05, 4.69) is 20.4 Å². The van der Waals surface area contributed by atoms with Crippen LogP contribution in [0.5, 0.6) is 0 Å². The van der Waals surface area contributed by atoms with Gasteiger partial charge in [0.2, 0.25) is 0 Å². The van der Waals surface area contributed by atoms with Crippen molar-refractivity contribution in [2.24, 2.45) is 5.41 Å². The Morgan fingerprint density at radius 3 is 2.42 bits per heavy atom. The van der Waals surface area contributed by atoms with Crippen molar-refractivity contribution in [3.63, 3.8) is 0 Å². The molecule has 72 valence electrons. The molecule has 0 heterocycles. The van der Waals surface area contributed by atoms with Crippen LogP contribution in [0.3, 0.4) is 0 Å². The Morgan fingerprint density at radius 2 is 2.08 bits per heavy atom. The summed E-state index contributed by atoms with van der Waals surface area (Å²) in [5.74, 6) is 0. The molecule has 0 fully saturated rings. The van der Waals surface area contributed by atoms with E-state index in [0.717, 1.165) is 12.8 Å². The molecule has 0 bridgehead atoms. The topological polar surface area (TPSA) is 20.2 Å². The molecule has 0 saturated carbocycles. The smallest absolute Gasteiger partial charge is 0.0625 e. The van der Waals surface area contributed by atoms with Crippen molar-refractivity contribution in [2.45, 2.75) is 52.6 Å². The molecule has 0 radical (unpaired) electrons. The second-order valence-electron chi connectivity index (χ2n) is 3.74. The normalized spacial score (nSPS) is 18.3. The fraction of sp³-hybridized carbons (Fsp3) is 0.818. The van der Waals surface area contributed by atoms with Gasteiger partial charge in [-0.15, -0.1) is 6.58 Å². The number of aliphatic hydroxyl groups is 1. The third-order valence-electron chi connectivity index (χ3n) is 2.68. The summed E-state index contributed by atoms with van der Waals surface area (Å²) in [6.45, 7) is 10.1. The second kappa shape index (κ2) is 5.36. The van der Waals surface area contributed by atoms with Crippen LogP contribution in [-0.4, -0.2) is 11.2 Å². The van der Waals surface area contributed by atoms with Gasteiger partial charge in [0.15, 0.2) is 0 Å². The first-order valence-corrected chi connectivity index (χ1v) is 4.92. The summed E-state index contributed by atoms with van der Waals surface area (Å²) >= 11 is 0. The average Bonchev–Trinajstić information content (AvgIpc) is 2.12. The van der Waals surface area contributed by atoms with Gasteiger partial charge in [0.05, 0.1) is 6.10 Å². The van der Waals surface area contributed by atoms with E-state index in [9.17, 15) is 5.11 Å². The molecule has 0 amide bonds. The Kier molecular flexibility index (Phi) is 5.23. The van der Waals surface area contributed by atoms with Crippen LogP contribution in [0, 0.1) is 5.41 Å². The standard InChI is InChI=1S/C11H22O/c1-5-8-9-11(4,7-3)10(12)6-2/h7,10,12H,3,5-6,8-9H2,1-2,4H3. The molecule has 1 heteroatoms. The van der Waals surface area contributed by atoms with Gasteiger partial charge in [-0.1, -0.05) is 39.7 Å². The highest BCUT2D eigenvalue weighted by Crippen LogP contribution is 2.31. The van der Waals surface area contributed by atoms with E-state index in [0.29, 0.717) is 0 Å². The molecular formula is C11H22O. The van der Waals surface area contributed by atoms with Crippen LogP contribution in [0.2, 0.25) is 0 Å². The van der Waals surface area contributed by atoms with Crippen molar-refractivity contribution in [1.82, 2.24) is 0 Å². The zero-order valence-corrected chi connectivity index (χ0v) is 8.64. The molecule has 2 unspecified atom stereocenters. The van der Waals surface area contributed by atoms with Crippen LogP contribution in [-0.2, 0) is 0 Å². The number of hydrogen-bond acceptors (Lipinski definition) is 1. The van der Waals surface area contributed by atoms with Crippen molar-refractivity contribution in [2.75, 3.05) is 0 Å². The molecule has 0 aliphatic rings. The maximum Gasteiger partial charge on any atom is 0.0625 e. The lowest BCUT2D eigenvalue weighted by Crippen LogP contribution is -2.29. The zero-order valence-electron chi connectivity index (χ0n) is 8.64. The molecule has 0 saturated heterocycles. The highest BCUT2D eigenvalue weighted by molar-refractivity contribution is 4.95. The van der Waals surface area contributed by atoms with Gasteiger partial charge < -0.3 is 5.11 Å². The van der Waals surface area contributed by atoms with Gasteiger partial charge in [0.1, 0.15) is 0 Å². The molecule has 0 spiro atoms. The Bertz CT molecular complexity index is 131. The van der Waals surface area contributed by atoms with E-state index in [1.54, 1.807) is 0 Å². The van der Waals surface area contributed by atoms with Crippen LogP contribution < -0.4 is 0 Å². The van der Waals surface area contributed by atoms with E-state index >= 15 is 0 Å². The first-order chi connectivity index (χ1) is 5.60. The highest BCUT2D eigenvalue weighted by Gasteiger charge is 2.27. The Balaban J connectivity index is 4.12. The Hall–Kier alpha value is -0.300. The Morgan fingerprint density at radius 1 is 1.50 bits per heavy atom. The van der Waals surface area contributed by atoms with E-state index in [1.807, 2.05) is 13.0 Å². The van der Waals surface area contributed by atoms with Crippen molar-refractivity contribution in [3.8, 4) is 0 Å². The van der Waals surface area contributed by atoms with Gasteiger partial charge in [-0.05, 0) is 12.8 Å². The molecule has 1 N–H and O–H groups in total. The first kappa shape index (κ1) is 11.7. The molecule has 0 aromatic rings. The molecule has 12 heavy (non-hydrogen) atoms. The number of unbranched alkanes of at least 4 members (excludes halogenated alkanes) is 1. The van der Waals surface area contributed by atoms with Gasteiger partial charge in [-0.3, -0.25) is 0 Å². The van der Waals surface area contributed by atoms with Crippen molar-refractivity contribution < 1.29 is 5.11 Å². The van der Waals surface area contributed by atoms with Crippen LogP contribution in [0.1, 0.15) is 46.5 Å². The van der Waals surface area contributed by atoms with Crippen molar-refractivity contribution >= 4 is 0 Å². The Labute approximate surface area is 76.5 Å². The molecule has 0 aromatic heterocycles. The first-order valence-electron chi connectivity index (χ1n) is 4.92. The molecule has 0 aliphatic heterocycles. The predicted octanol–water partition coefficient (Wildman–Crippen LogP) is 3.14. The quantitative estimate of drug-likeness (QED) is 0.607. The summed E-state index contributed by atoms with van der Waals surface area (Å²) in [4.78, 5) is 0. The average molecular weight is 170 g/mol. The number of hydrogen-bond donors (Lipinski definition) is 1. The van der Waals surface area contributed by atoms with E-state index < -0.39 is 0 Å². The number of aliphatic hydroxyl groups excluding tert-OH is 1. The van der Waals surface area contributed by atoms with Gasteiger partial charge in [0, 0.05) is 5.41 Å². The van der Waals surface area contributed by atoms with Crippen LogP contribution >= 0.6 is 0 Å². The summed E-state index contributed by atoms with van der Waals surface area (Å²) < 4.78 is 0. The number of rotatable bonds is 6. The van der Waals surface area contributed by atoms with Gasteiger partial charge in [0.25, 0.3) is 0 Å². The van der Waals surface area contributed by atoms with E-state index in [1.165, 1.54) is 12.8 Å². The van der Waals surface area contributed by atoms with Crippen molar-refractivity contribution in [1.29, 1.82) is 0 Å². The van der Waals surface area contributed by atoms with Crippen molar-refractivity contribution in [3.05, 3.63) is 12.7 Å². The third-order valence-corrected chi connectivity index (χ3v) is 2.68. The largest absolute Gasteiger partial charge is 0.392 e. The highest BCUT2D eigenvalue weighted by atomic mass is 16.3. The van der Waals surface area contributed by atoms with Crippen LogP contribution in [0.25, 0.3) is 0 Å². The molecule has 0 aromatic carbocycles. The maximum absolute atomic E-state index is 9.73. The van der Waals surface area contributed by atoms with E-state index in [-0.39, 0.29) is 11.5 Å². The minimum atomic E-state index is -0.235. The third kappa shape index (κ3) is 2.98. The zero-order chi connectivity index (χ0) is 9.61. The SMILES string of the molecule is C=CC(C)(CCCC)C(O)CC. The summed E-state index contributed by atoms with van der Waals surface area (Å²) in [5.41, 5.74) is -0.0786. The molecule has 0 rings (SSSR count). The maximum atomic E-state index is 9.73. The minimum absolute atomic E-state index is 0.0786. The van der Waals surface area contributed by atoms with Gasteiger partial charge in [-0.2, -0.15) is 0 Å². The fourth-order valence-electron chi connectivity index (χ4n) is 1.43. The summed E-state index contributed by atoms with van der Waals surface area (Å²) in [7, 11) is 0. The molecule has 1 nitrogen and oxygen atoms in total. The summed E-state index contributed by atoms with van der Waals surface area (Å²) in [6.07, 6.45) is 5.87. The summed E-state index contributed by atoms with van der Waals surface area (Å²) in [5, 5.41) is 9.73. The fourth-order valence-corrected chi connectivity index (χ4v) is 1.43. The monoisotopic (exact) mass is 170 g/mol. The van der Waals surface area contributed by atoms with Gasteiger partial charge >= 0.3 is 0 Å². The van der Waals surface area contributed by atoms with Crippen LogP contribution in [0.15, 0.2) is 12.7 Å². The minimum Gasteiger partial charge on any atom is -0.392 e. The van der Waals surface area contributed by atoms with Gasteiger partial charge in [-0.25, -0.2) is 0 Å². The lowest BCUT2D eigenvalue weighted by molar-refractivity contribution is 0.0598. The molecule has 2 atom stereocenters. The lowest BCUT2D eigenvalue weighted by atomic mass is 9.78. The second-order valence-corrected chi connectivity index (χ2v) is 3.74. The lowest BCUT2D eigenvalue weighted by Gasteiger charge is -2.30. The van der Waals surface area contributed by atoms with Crippen LogP contribution in [0.4, 0.5) is 0 Å². The summed E-state index contributed by atoms with van der Waals surface area (Å²) in [6, 6.07) is 0. The van der Waals surface area contributed by atoms with E-state index in [4.69, 9.17) is 0 Å². The molecule has 0 aliphatic carbocycles.